The molecule has 24 heavy (non-hydrogen) atoms. The fourth-order valence-electron chi connectivity index (χ4n) is 2.62. The van der Waals surface area contributed by atoms with Gasteiger partial charge < -0.3 is 14.7 Å². The first kappa shape index (κ1) is 14.7. The molecule has 5 nitrogen and oxygen atoms in total. The quantitative estimate of drug-likeness (QED) is 0.590. The molecule has 0 saturated heterocycles. The van der Waals surface area contributed by atoms with Crippen molar-refractivity contribution >= 4 is 22.4 Å². The Kier molecular flexibility index (Phi) is 3.66. The lowest BCUT2D eigenvalue weighted by Gasteiger charge is -2.04. The molecule has 0 aliphatic heterocycles. The molecule has 2 aromatic carbocycles. The molecule has 0 unspecified atom stereocenters. The Balaban J connectivity index is 1.70. The molecule has 2 heterocycles. The number of benzene rings is 2. The minimum atomic E-state index is -0.200. The van der Waals surface area contributed by atoms with E-state index >= 15 is 0 Å². The van der Waals surface area contributed by atoms with Crippen molar-refractivity contribution in [3.8, 4) is 27.6 Å². The molecule has 0 amide bonds. The average Bonchev–Trinajstić information content (AvgIpc) is 3.20. The van der Waals surface area contributed by atoms with Gasteiger partial charge in [0.15, 0.2) is 0 Å². The summed E-state index contributed by atoms with van der Waals surface area (Å²) in [4.78, 5) is 21.6. The Morgan fingerprint density at radius 3 is 2.83 bits per heavy atom. The molecular formula is C18H15N3O2S. The van der Waals surface area contributed by atoms with Crippen molar-refractivity contribution in [1.29, 1.82) is 0 Å². The number of thiazole rings is 1. The molecule has 0 saturated carbocycles. The average molecular weight is 337 g/mol. The Morgan fingerprint density at radius 2 is 1.96 bits per heavy atom. The summed E-state index contributed by atoms with van der Waals surface area (Å²) in [6, 6.07) is 13.7. The van der Waals surface area contributed by atoms with E-state index in [0.717, 1.165) is 38.6 Å². The van der Waals surface area contributed by atoms with Gasteiger partial charge in [0.1, 0.15) is 10.8 Å². The molecule has 2 aromatic heterocycles. The Bertz CT molecular complexity index is 1060. The van der Waals surface area contributed by atoms with Gasteiger partial charge in [0.05, 0.1) is 23.3 Å². The van der Waals surface area contributed by atoms with Crippen LogP contribution in [0.15, 0.2) is 52.6 Å². The minimum Gasteiger partial charge on any atom is -0.494 e. The summed E-state index contributed by atoms with van der Waals surface area (Å²) < 4.78 is 5.55. The number of aromatic nitrogens is 3. The SMILES string of the molecule is CCOc1cccc(-c2nc(-c3ccc4[nH]c(=O)[nH]c4c3)cs2)c1. The maximum atomic E-state index is 11.4. The summed E-state index contributed by atoms with van der Waals surface area (Å²) in [5.41, 5.74) is 4.28. The number of rotatable bonds is 4. The van der Waals surface area contributed by atoms with Crippen LogP contribution in [0.3, 0.4) is 0 Å². The first-order chi connectivity index (χ1) is 11.7. The van der Waals surface area contributed by atoms with E-state index in [-0.39, 0.29) is 5.69 Å². The molecule has 0 fully saturated rings. The van der Waals surface area contributed by atoms with Crippen molar-refractivity contribution in [2.24, 2.45) is 0 Å². The first-order valence-electron chi connectivity index (χ1n) is 7.64. The van der Waals surface area contributed by atoms with E-state index in [4.69, 9.17) is 9.72 Å². The molecule has 0 aliphatic rings. The van der Waals surface area contributed by atoms with Crippen LogP contribution in [0, 0.1) is 0 Å². The summed E-state index contributed by atoms with van der Waals surface area (Å²) in [5, 5.41) is 2.96. The predicted octanol–water partition coefficient (Wildman–Crippen LogP) is 4.05. The molecule has 2 N–H and O–H groups in total. The van der Waals surface area contributed by atoms with E-state index in [1.54, 1.807) is 11.3 Å². The zero-order chi connectivity index (χ0) is 16.5. The van der Waals surface area contributed by atoms with Crippen molar-refractivity contribution in [3.05, 3.63) is 58.3 Å². The number of imidazole rings is 1. The second-order valence-corrected chi connectivity index (χ2v) is 6.20. The van der Waals surface area contributed by atoms with Gasteiger partial charge in [-0.15, -0.1) is 11.3 Å². The smallest absolute Gasteiger partial charge is 0.323 e. The number of nitrogens with zero attached hydrogens (tertiary/aromatic N) is 1. The van der Waals surface area contributed by atoms with Crippen LogP contribution in [0.25, 0.3) is 32.9 Å². The van der Waals surface area contributed by atoms with Crippen molar-refractivity contribution in [2.75, 3.05) is 6.61 Å². The molecule has 4 rings (SSSR count). The molecule has 4 aromatic rings. The lowest BCUT2D eigenvalue weighted by Crippen LogP contribution is -1.99. The van der Waals surface area contributed by atoms with Crippen molar-refractivity contribution in [3.63, 3.8) is 0 Å². The number of aromatic amines is 2. The van der Waals surface area contributed by atoms with E-state index in [0.29, 0.717) is 6.61 Å². The third kappa shape index (κ3) is 2.72. The highest BCUT2D eigenvalue weighted by molar-refractivity contribution is 7.13. The number of fused-ring (bicyclic) bond motifs is 1. The van der Waals surface area contributed by atoms with Crippen LogP contribution in [0.5, 0.6) is 5.75 Å². The second-order valence-electron chi connectivity index (χ2n) is 5.34. The molecule has 6 heteroatoms. The standard InChI is InChI=1S/C18H15N3O2S/c1-2-23-13-5-3-4-12(8-13)17-19-16(10-24-17)11-6-7-14-15(9-11)21-18(22)20-14/h3-10H,2H2,1H3,(H2,20,21,22). The van der Waals surface area contributed by atoms with Crippen LogP contribution < -0.4 is 10.4 Å². The third-order valence-electron chi connectivity index (χ3n) is 3.71. The molecule has 0 spiro atoms. The molecule has 0 aliphatic carbocycles. The van der Waals surface area contributed by atoms with E-state index in [2.05, 4.69) is 9.97 Å². The Morgan fingerprint density at radius 1 is 1.08 bits per heavy atom. The highest BCUT2D eigenvalue weighted by Gasteiger charge is 2.09. The van der Waals surface area contributed by atoms with Crippen LogP contribution >= 0.6 is 11.3 Å². The van der Waals surface area contributed by atoms with Crippen LogP contribution in [0.2, 0.25) is 0 Å². The molecule has 120 valence electrons. The zero-order valence-corrected chi connectivity index (χ0v) is 13.8. The number of H-pyrrole nitrogens is 2. The van der Waals surface area contributed by atoms with E-state index in [1.807, 2.05) is 54.8 Å². The van der Waals surface area contributed by atoms with Gasteiger partial charge in [0.2, 0.25) is 0 Å². The van der Waals surface area contributed by atoms with Crippen LogP contribution in [-0.4, -0.2) is 21.6 Å². The Labute approximate surface area is 142 Å². The van der Waals surface area contributed by atoms with Crippen LogP contribution in [0.1, 0.15) is 6.92 Å². The lowest BCUT2D eigenvalue weighted by atomic mass is 10.1. The normalized spacial score (nSPS) is 11.0. The summed E-state index contributed by atoms with van der Waals surface area (Å²) in [6.45, 7) is 2.61. The number of ether oxygens (including phenoxy) is 1. The number of hydrogen-bond donors (Lipinski definition) is 2. The maximum absolute atomic E-state index is 11.4. The van der Waals surface area contributed by atoms with Crippen molar-refractivity contribution in [2.45, 2.75) is 6.92 Å². The number of nitrogens with one attached hydrogen (secondary N) is 2. The van der Waals surface area contributed by atoms with Crippen LogP contribution in [0.4, 0.5) is 0 Å². The first-order valence-corrected chi connectivity index (χ1v) is 8.52. The van der Waals surface area contributed by atoms with Gasteiger partial charge in [-0.25, -0.2) is 9.78 Å². The van der Waals surface area contributed by atoms with Gasteiger partial charge in [0, 0.05) is 16.5 Å². The van der Waals surface area contributed by atoms with Gasteiger partial charge >= 0.3 is 5.69 Å². The molecule has 0 atom stereocenters. The number of hydrogen-bond acceptors (Lipinski definition) is 4. The van der Waals surface area contributed by atoms with Gasteiger partial charge in [0.25, 0.3) is 0 Å². The maximum Gasteiger partial charge on any atom is 0.323 e. The second kappa shape index (κ2) is 5.98. The Hall–Kier alpha value is -2.86. The van der Waals surface area contributed by atoms with Gasteiger partial charge in [-0.3, -0.25) is 0 Å². The van der Waals surface area contributed by atoms with E-state index in [9.17, 15) is 4.79 Å². The predicted molar refractivity (Wildman–Crippen MR) is 96.6 cm³/mol. The highest BCUT2D eigenvalue weighted by Crippen LogP contribution is 2.31. The van der Waals surface area contributed by atoms with Gasteiger partial charge in [-0.2, -0.15) is 0 Å². The summed E-state index contributed by atoms with van der Waals surface area (Å²) >= 11 is 1.59. The molecule has 0 radical (unpaired) electrons. The van der Waals surface area contributed by atoms with E-state index < -0.39 is 0 Å². The molecular weight excluding hydrogens is 322 g/mol. The van der Waals surface area contributed by atoms with Crippen LogP contribution in [-0.2, 0) is 0 Å². The summed E-state index contributed by atoms with van der Waals surface area (Å²) in [7, 11) is 0. The topological polar surface area (TPSA) is 70.8 Å². The largest absolute Gasteiger partial charge is 0.494 e. The van der Waals surface area contributed by atoms with Crippen molar-refractivity contribution in [1.82, 2.24) is 15.0 Å². The fourth-order valence-corrected chi connectivity index (χ4v) is 3.44. The highest BCUT2D eigenvalue weighted by atomic mass is 32.1. The minimum absolute atomic E-state index is 0.200. The van der Waals surface area contributed by atoms with Gasteiger partial charge in [-0.1, -0.05) is 18.2 Å². The lowest BCUT2D eigenvalue weighted by molar-refractivity contribution is 0.340. The fraction of sp³-hybridized carbons (Fsp3) is 0.111. The monoisotopic (exact) mass is 337 g/mol. The van der Waals surface area contributed by atoms with Crippen molar-refractivity contribution < 1.29 is 4.74 Å². The van der Waals surface area contributed by atoms with Gasteiger partial charge in [-0.05, 0) is 31.2 Å². The summed E-state index contributed by atoms with van der Waals surface area (Å²) in [5.74, 6) is 0.845. The summed E-state index contributed by atoms with van der Waals surface area (Å²) in [6.07, 6.45) is 0. The van der Waals surface area contributed by atoms with E-state index in [1.165, 1.54) is 0 Å². The third-order valence-corrected chi connectivity index (χ3v) is 4.60. The molecule has 0 bridgehead atoms. The zero-order valence-electron chi connectivity index (χ0n) is 13.0.